The number of rotatable bonds is 4. The third-order valence-corrected chi connectivity index (χ3v) is 4.19. The topological polar surface area (TPSA) is 77.3 Å². The van der Waals surface area contributed by atoms with E-state index in [1.165, 1.54) is 33.5 Å². The maximum absolute atomic E-state index is 11.9. The first-order chi connectivity index (χ1) is 7.91. The third-order valence-electron chi connectivity index (χ3n) is 2.33. The zero-order valence-corrected chi connectivity index (χ0v) is 10.7. The summed E-state index contributed by atoms with van der Waals surface area (Å²) in [5, 5.41) is 9.10. The zero-order chi connectivity index (χ0) is 13.1. The maximum atomic E-state index is 11.9. The number of nitriles is 1. The van der Waals surface area contributed by atoms with Gasteiger partial charge in [-0.2, -0.15) is 22.3 Å². The molecule has 1 heterocycles. The van der Waals surface area contributed by atoms with Gasteiger partial charge in [-0.05, 0) is 17.7 Å². The molecule has 0 aliphatic rings. The molecule has 0 N–H and O–H groups in total. The molecule has 0 aliphatic carbocycles. The molecule has 0 bridgehead atoms. The molecule has 0 radical (unpaired) electrons. The van der Waals surface area contributed by atoms with Crippen LogP contribution in [0.4, 0.5) is 0 Å². The average Bonchev–Trinajstić information content (AvgIpc) is 2.31. The van der Waals surface area contributed by atoms with E-state index >= 15 is 0 Å². The second kappa shape index (κ2) is 5.23. The van der Waals surface area contributed by atoms with E-state index < -0.39 is 16.3 Å². The van der Waals surface area contributed by atoms with Gasteiger partial charge in [0.1, 0.15) is 6.04 Å². The summed E-state index contributed by atoms with van der Waals surface area (Å²) in [7, 11) is 0.613. The number of hydrogen-bond donors (Lipinski definition) is 0. The Morgan fingerprint density at radius 1 is 1.29 bits per heavy atom. The zero-order valence-electron chi connectivity index (χ0n) is 9.90. The van der Waals surface area contributed by atoms with Crippen molar-refractivity contribution in [3.05, 3.63) is 30.1 Å². The summed E-state index contributed by atoms with van der Waals surface area (Å²) in [5.41, 5.74) is 0.593. The molecule has 0 amide bonds. The summed E-state index contributed by atoms with van der Waals surface area (Å²) >= 11 is 0. The highest BCUT2D eigenvalue weighted by molar-refractivity contribution is 7.86. The van der Waals surface area contributed by atoms with Gasteiger partial charge >= 0.3 is 0 Å². The number of pyridine rings is 1. The molecule has 1 aromatic rings. The minimum absolute atomic E-state index is 0.593. The Balaban J connectivity index is 3.11. The molecule has 0 aliphatic heterocycles. The lowest BCUT2D eigenvalue weighted by molar-refractivity contribution is 0.389. The van der Waals surface area contributed by atoms with E-state index in [2.05, 4.69) is 4.98 Å². The molecular weight excluding hydrogens is 240 g/mol. The van der Waals surface area contributed by atoms with Crippen LogP contribution in [-0.4, -0.2) is 43.2 Å². The summed E-state index contributed by atoms with van der Waals surface area (Å²) in [5.74, 6) is 0. The molecule has 1 unspecified atom stereocenters. The van der Waals surface area contributed by atoms with Crippen molar-refractivity contribution in [2.75, 3.05) is 21.1 Å². The van der Waals surface area contributed by atoms with Crippen LogP contribution in [0.2, 0.25) is 0 Å². The lowest BCUT2D eigenvalue weighted by Crippen LogP contribution is -2.39. The molecule has 7 heteroatoms. The minimum atomic E-state index is -3.61. The fourth-order valence-electron chi connectivity index (χ4n) is 1.30. The van der Waals surface area contributed by atoms with E-state index in [-0.39, 0.29) is 0 Å². The van der Waals surface area contributed by atoms with Crippen LogP contribution in [0.3, 0.4) is 0 Å². The Labute approximate surface area is 101 Å². The first-order valence-electron chi connectivity index (χ1n) is 4.86. The lowest BCUT2D eigenvalue weighted by atomic mass is 10.1. The van der Waals surface area contributed by atoms with Crippen molar-refractivity contribution in [2.24, 2.45) is 0 Å². The number of nitrogens with zero attached hydrogens (tertiary/aromatic N) is 4. The Kier molecular flexibility index (Phi) is 4.17. The van der Waals surface area contributed by atoms with Crippen LogP contribution in [0, 0.1) is 11.3 Å². The van der Waals surface area contributed by atoms with Crippen molar-refractivity contribution >= 4 is 10.2 Å². The fraction of sp³-hybridized carbons (Fsp3) is 0.400. The number of aromatic nitrogens is 1. The first kappa shape index (κ1) is 13.6. The van der Waals surface area contributed by atoms with Crippen molar-refractivity contribution in [3.8, 4) is 6.07 Å². The van der Waals surface area contributed by atoms with Gasteiger partial charge in [0.05, 0.1) is 6.07 Å². The fourth-order valence-corrected chi connectivity index (χ4v) is 2.25. The van der Waals surface area contributed by atoms with E-state index in [1.54, 1.807) is 12.1 Å². The van der Waals surface area contributed by atoms with Crippen LogP contribution >= 0.6 is 0 Å². The second-order valence-corrected chi connectivity index (χ2v) is 5.82. The van der Waals surface area contributed by atoms with Crippen molar-refractivity contribution in [1.82, 2.24) is 13.6 Å². The highest BCUT2D eigenvalue weighted by Gasteiger charge is 2.29. The Morgan fingerprint density at radius 3 is 2.24 bits per heavy atom. The highest BCUT2D eigenvalue weighted by Crippen LogP contribution is 2.21. The minimum Gasteiger partial charge on any atom is -0.265 e. The van der Waals surface area contributed by atoms with E-state index in [1.807, 2.05) is 6.07 Å². The van der Waals surface area contributed by atoms with Gasteiger partial charge in [-0.3, -0.25) is 4.98 Å². The quantitative estimate of drug-likeness (QED) is 0.778. The summed E-state index contributed by atoms with van der Waals surface area (Å²) < 4.78 is 25.9. The molecular formula is C10H14N4O2S. The summed E-state index contributed by atoms with van der Waals surface area (Å²) in [4.78, 5) is 3.83. The van der Waals surface area contributed by atoms with E-state index in [0.29, 0.717) is 5.56 Å². The van der Waals surface area contributed by atoms with Crippen molar-refractivity contribution in [2.45, 2.75) is 6.04 Å². The molecule has 1 atom stereocenters. The Hall–Kier alpha value is -1.49. The predicted octanol–water partition coefficient (Wildman–Crippen LogP) is 0.384. The highest BCUT2D eigenvalue weighted by atomic mass is 32.2. The SMILES string of the molecule is CN(C)S(=O)(=O)N(C)C(C#N)c1ccncc1. The van der Waals surface area contributed by atoms with Gasteiger partial charge in [0.25, 0.3) is 10.2 Å². The molecule has 6 nitrogen and oxygen atoms in total. The molecule has 17 heavy (non-hydrogen) atoms. The van der Waals surface area contributed by atoms with Crippen LogP contribution < -0.4 is 0 Å². The lowest BCUT2D eigenvalue weighted by Gasteiger charge is -2.25. The monoisotopic (exact) mass is 254 g/mol. The number of hydrogen-bond acceptors (Lipinski definition) is 4. The standard InChI is InChI=1S/C10H14N4O2S/c1-13(2)17(15,16)14(3)10(8-11)9-4-6-12-7-5-9/h4-7,10H,1-3H3. The Bertz CT molecular complexity index is 507. The normalized spacial score (nSPS) is 13.6. The molecule has 0 saturated carbocycles. The molecule has 0 spiro atoms. The van der Waals surface area contributed by atoms with Gasteiger partial charge < -0.3 is 0 Å². The predicted molar refractivity (Wildman–Crippen MR) is 63.0 cm³/mol. The van der Waals surface area contributed by atoms with Crippen LogP contribution in [-0.2, 0) is 10.2 Å². The van der Waals surface area contributed by atoms with Crippen LogP contribution in [0.25, 0.3) is 0 Å². The maximum Gasteiger partial charge on any atom is 0.282 e. The summed E-state index contributed by atoms with van der Waals surface area (Å²) in [6.45, 7) is 0. The van der Waals surface area contributed by atoms with E-state index in [0.717, 1.165) is 8.61 Å². The van der Waals surface area contributed by atoms with Crippen LogP contribution in [0.1, 0.15) is 11.6 Å². The first-order valence-corrected chi connectivity index (χ1v) is 6.26. The average molecular weight is 254 g/mol. The summed E-state index contributed by atoms with van der Waals surface area (Å²) in [6, 6.07) is 4.36. The van der Waals surface area contributed by atoms with Gasteiger partial charge in [-0.1, -0.05) is 0 Å². The van der Waals surface area contributed by atoms with Gasteiger partial charge in [-0.15, -0.1) is 0 Å². The summed E-state index contributed by atoms with van der Waals surface area (Å²) in [6.07, 6.45) is 3.05. The second-order valence-electron chi connectivity index (χ2n) is 3.62. The Morgan fingerprint density at radius 2 is 1.82 bits per heavy atom. The molecule has 0 saturated heterocycles. The molecule has 0 fully saturated rings. The smallest absolute Gasteiger partial charge is 0.265 e. The largest absolute Gasteiger partial charge is 0.282 e. The van der Waals surface area contributed by atoms with Gasteiger partial charge in [0, 0.05) is 33.5 Å². The van der Waals surface area contributed by atoms with Gasteiger partial charge in [0.15, 0.2) is 0 Å². The van der Waals surface area contributed by atoms with Crippen molar-refractivity contribution < 1.29 is 8.42 Å². The van der Waals surface area contributed by atoms with Crippen LogP contribution in [0.5, 0.6) is 0 Å². The third kappa shape index (κ3) is 2.79. The van der Waals surface area contributed by atoms with E-state index in [9.17, 15) is 8.42 Å². The van der Waals surface area contributed by atoms with Gasteiger partial charge in [-0.25, -0.2) is 0 Å². The molecule has 0 aromatic carbocycles. The molecule has 1 aromatic heterocycles. The van der Waals surface area contributed by atoms with Gasteiger partial charge in [0.2, 0.25) is 0 Å². The van der Waals surface area contributed by atoms with Crippen molar-refractivity contribution in [3.63, 3.8) is 0 Å². The molecule has 1 rings (SSSR count). The molecule has 92 valence electrons. The van der Waals surface area contributed by atoms with E-state index in [4.69, 9.17) is 5.26 Å². The van der Waals surface area contributed by atoms with Crippen LogP contribution in [0.15, 0.2) is 24.5 Å². The van der Waals surface area contributed by atoms with Crippen molar-refractivity contribution in [1.29, 1.82) is 5.26 Å².